The molecule has 0 saturated carbocycles. The molecule has 28 heavy (non-hydrogen) atoms. The van der Waals surface area contributed by atoms with Gasteiger partial charge in [0.2, 0.25) is 11.2 Å². The standard InChI is InChI=1S/C20H17NO7/c1-11-19(28-13-5-3-12(4-6-13)20(24)25-2)18(23)15-8-7-14(9-16(15)27-11)26-10-17(21)22/h3-9H,10H2,1-2H3,(H2,21,22). The Morgan fingerprint density at radius 1 is 1.07 bits per heavy atom. The van der Waals surface area contributed by atoms with Crippen LogP contribution in [0.25, 0.3) is 11.0 Å². The van der Waals surface area contributed by atoms with Crippen LogP contribution < -0.4 is 20.6 Å². The number of fused-ring (bicyclic) bond motifs is 1. The van der Waals surface area contributed by atoms with Crippen molar-refractivity contribution in [3.05, 3.63) is 64.0 Å². The summed E-state index contributed by atoms with van der Waals surface area (Å²) >= 11 is 0. The summed E-state index contributed by atoms with van der Waals surface area (Å²) in [5.74, 6) is -0.0718. The molecule has 2 aromatic carbocycles. The molecule has 0 aliphatic rings. The van der Waals surface area contributed by atoms with E-state index in [2.05, 4.69) is 4.74 Å². The van der Waals surface area contributed by atoms with E-state index in [0.717, 1.165) is 0 Å². The molecule has 2 N–H and O–H groups in total. The molecule has 0 atom stereocenters. The Bertz CT molecular complexity index is 1100. The van der Waals surface area contributed by atoms with E-state index in [0.29, 0.717) is 22.4 Å². The largest absolute Gasteiger partial charge is 0.484 e. The van der Waals surface area contributed by atoms with Crippen molar-refractivity contribution in [2.45, 2.75) is 6.92 Å². The minimum atomic E-state index is -0.611. The van der Waals surface area contributed by atoms with Crippen LogP contribution in [0.1, 0.15) is 16.1 Å². The summed E-state index contributed by atoms with van der Waals surface area (Å²) in [4.78, 5) is 35.1. The van der Waals surface area contributed by atoms with E-state index in [9.17, 15) is 14.4 Å². The fourth-order valence-corrected chi connectivity index (χ4v) is 2.53. The summed E-state index contributed by atoms with van der Waals surface area (Å²) in [5.41, 5.74) is 5.34. The third kappa shape index (κ3) is 3.96. The maximum absolute atomic E-state index is 12.8. The fourth-order valence-electron chi connectivity index (χ4n) is 2.53. The highest BCUT2D eigenvalue weighted by Gasteiger charge is 2.15. The highest BCUT2D eigenvalue weighted by Crippen LogP contribution is 2.27. The number of ether oxygens (including phenoxy) is 3. The Labute approximate surface area is 159 Å². The number of primary amides is 1. The number of carbonyl (C=O) groups excluding carboxylic acids is 2. The topological polar surface area (TPSA) is 118 Å². The maximum Gasteiger partial charge on any atom is 0.337 e. The maximum atomic E-state index is 12.8. The van der Waals surface area contributed by atoms with Crippen LogP contribution in [0.15, 0.2) is 51.7 Å². The molecule has 0 radical (unpaired) electrons. The van der Waals surface area contributed by atoms with Crippen LogP contribution in [0.2, 0.25) is 0 Å². The molecule has 3 aromatic rings. The van der Waals surface area contributed by atoms with E-state index in [1.165, 1.54) is 37.4 Å². The van der Waals surface area contributed by atoms with Crippen molar-refractivity contribution in [2.75, 3.05) is 13.7 Å². The molecule has 8 nitrogen and oxygen atoms in total. The van der Waals surface area contributed by atoms with Gasteiger partial charge in [0.25, 0.3) is 5.91 Å². The monoisotopic (exact) mass is 383 g/mol. The Morgan fingerprint density at radius 3 is 2.39 bits per heavy atom. The van der Waals surface area contributed by atoms with Gasteiger partial charge in [0.1, 0.15) is 22.8 Å². The highest BCUT2D eigenvalue weighted by atomic mass is 16.5. The van der Waals surface area contributed by atoms with Crippen LogP contribution in [0.5, 0.6) is 17.2 Å². The van der Waals surface area contributed by atoms with Gasteiger partial charge in [0.15, 0.2) is 6.61 Å². The second-order valence-electron chi connectivity index (χ2n) is 5.85. The fraction of sp³-hybridized carbons (Fsp3) is 0.150. The Kier molecular flexibility index (Phi) is 5.30. The SMILES string of the molecule is COC(=O)c1ccc(Oc2c(C)oc3cc(OCC(N)=O)ccc3c2=O)cc1. The molecule has 1 heterocycles. The number of carbonyl (C=O) groups is 2. The van der Waals surface area contributed by atoms with Gasteiger partial charge in [-0.3, -0.25) is 9.59 Å². The smallest absolute Gasteiger partial charge is 0.337 e. The first kappa shape index (κ1) is 19.0. The zero-order valence-electron chi connectivity index (χ0n) is 15.2. The Morgan fingerprint density at radius 2 is 1.75 bits per heavy atom. The molecule has 144 valence electrons. The first-order chi connectivity index (χ1) is 13.4. The van der Waals surface area contributed by atoms with Gasteiger partial charge in [-0.15, -0.1) is 0 Å². The number of nitrogens with two attached hydrogens (primary N) is 1. The second kappa shape index (κ2) is 7.83. The third-order valence-electron chi connectivity index (χ3n) is 3.86. The summed E-state index contributed by atoms with van der Waals surface area (Å²) in [6.45, 7) is 1.31. The van der Waals surface area contributed by atoms with Gasteiger partial charge in [0, 0.05) is 6.07 Å². The lowest BCUT2D eigenvalue weighted by Gasteiger charge is -2.10. The molecule has 0 bridgehead atoms. The number of amides is 1. The molecule has 1 amide bonds. The van der Waals surface area contributed by atoms with Crippen molar-refractivity contribution in [1.82, 2.24) is 0 Å². The van der Waals surface area contributed by atoms with Gasteiger partial charge in [-0.1, -0.05) is 0 Å². The first-order valence-electron chi connectivity index (χ1n) is 8.24. The molecular formula is C20H17NO7. The molecular weight excluding hydrogens is 366 g/mol. The van der Waals surface area contributed by atoms with Crippen LogP contribution in [0.4, 0.5) is 0 Å². The van der Waals surface area contributed by atoms with Gasteiger partial charge in [-0.25, -0.2) is 4.79 Å². The normalized spacial score (nSPS) is 10.5. The number of benzene rings is 2. The van der Waals surface area contributed by atoms with E-state index >= 15 is 0 Å². The molecule has 0 unspecified atom stereocenters. The van der Waals surface area contributed by atoms with Crippen LogP contribution >= 0.6 is 0 Å². The average Bonchev–Trinajstić information content (AvgIpc) is 2.69. The Balaban J connectivity index is 1.91. The molecule has 3 rings (SSSR count). The van der Waals surface area contributed by atoms with Gasteiger partial charge in [-0.05, 0) is 43.3 Å². The predicted molar refractivity (Wildman–Crippen MR) is 99.8 cm³/mol. The number of esters is 1. The van der Waals surface area contributed by atoms with E-state index in [1.54, 1.807) is 19.1 Å². The number of methoxy groups -OCH3 is 1. The van der Waals surface area contributed by atoms with Crippen molar-refractivity contribution in [3.8, 4) is 17.2 Å². The molecule has 0 aliphatic heterocycles. The number of hydrogen-bond donors (Lipinski definition) is 1. The zero-order valence-corrected chi connectivity index (χ0v) is 15.2. The van der Waals surface area contributed by atoms with Crippen molar-refractivity contribution >= 4 is 22.8 Å². The summed E-state index contributed by atoms with van der Waals surface area (Å²) in [6, 6.07) is 10.7. The number of rotatable bonds is 6. The van der Waals surface area contributed by atoms with Crippen LogP contribution in [-0.4, -0.2) is 25.6 Å². The van der Waals surface area contributed by atoms with Gasteiger partial charge < -0.3 is 24.4 Å². The van der Waals surface area contributed by atoms with E-state index in [1.807, 2.05) is 0 Å². The summed E-state index contributed by atoms with van der Waals surface area (Å²) in [7, 11) is 1.29. The first-order valence-corrected chi connectivity index (χ1v) is 8.24. The molecule has 8 heteroatoms. The van der Waals surface area contributed by atoms with Crippen LogP contribution in [0, 0.1) is 6.92 Å². The predicted octanol–water partition coefficient (Wildman–Crippen LogP) is 2.54. The quantitative estimate of drug-likeness (QED) is 0.650. The van der Waals surface area contributed by atoms with E-state index < -0.39 is 11.9 Å². The minimum Gasteiger partial charge on any atom is -0.484 e. The van der Waals surface area contributed by atoms with Crippen molar-refractivity contribution in [3.63, 3.8) is 0 Å². The molecule has 0 saturated heterocycles. The lowest BCUT2D eigenvalue weighted by Crippen LogP contribution is -2.20. The van der Waals surface area contributed by atoms with E-state index in [-0.39, 0.29) is 29.1 Å². The summed E-state index contributed by atoms with van der Waals surface area (Å²) in [5, 5.41) is 0.290. The molecule has 0 spiro atoms. The third-order valence-corrected chi connectivity index (χ3v) is 3.86. The number of aryl methyl sites for hydroxylation is 1. The second-order valence-corrected chi connectivity index (χ2v) is 5.85. The van der Waals surface area contributed by atoms with Crippen molar-refractivity contribution in [1.29, 1.82) is 0 Å². The summed E-state index contributed by atoms with van der Waals surface area (Å²) in [6.07, 6.45) is 0. The molecule has 0 aliphatic carbocycles. The van der Waals surface area contributed by atoms with Gasteiger partial charge >= 0.3 is 5.97 Å². The van der Waals surface area contributed by atoms with Crippen LogP contribution in [0.3, 0.4) is 0 Å². The Hall–Kier alpha value is -3.81. The zero-order chi connectivity index (χ0) is 20.3. The molecule has 0 fully saturated rings. The van der Waals surface area contributed by atoms with Gasteiger partial charge in [-0.2, -0.15) is 0 Å². The minimum absolute atomic E-state index is 0.0316. The van der Waals surface area contributed by atoms with E-state index in [4.69, 9.17) is 19.6 Å². The summed E-state index contributed by atoms with van der Waals surface area (Å²) < 4.78 is 21.2. The molecule has 1 aromatic heterocycles. The van der Waals surface area contributed by atoms with Crippen molar-refractivity contribution in [2.24, 2.45) is 5.73 Å². The van der Waals surface area contributed by atoms with Crippen LogP contribution in [-0.2, 0) is 9.53 Å². The lowest BCUT2D eigenvalue weighted by molar-refractivity contribution is -0.119. The number of hydrogen-bond acceptors (Lipinski definition) is 7. The average molecular weight is 383 g/mol. The van der Waals surface area contributed by atoms with Gasteiger partial charge in [0.05, 0.1) is 18.1 Å². The highest BCUT2D eigenvalue weighted by molar-refractivity contribution is 5.89. The lowest BCUT2D eigenvalue weighted by atomic mass is 10.2. The van der Waals surface area contributed by atoms with Crippen molar-refractivity contribution < 1.29 is 28.2 Å².